The number of benzene rings is 1. The van der Waals surface area contributed by atoms with Gasteiger partial charge in [0, 0.05) is 19.1 Å². The normalized spacial score (nSPS) is 13.1. The number of ether oxygens (including phenoxy) is 1. The molecule has 18 heavy (non-hydrogen) atoms. The molecule has 0 aliphatic carbocycles. The molecule has 0 radical (unpaired) electrons. The van der Waals surface area contributed by atoms with Crippen molar-refractivity contribution in [2.24, 2.45) is 11.7 Å². The van der Waals surface area contributed by atoms with E-state index in [-0.39, 0.29) is 17.6 Å². The fourth-order valence-electron chi connectivity index (χ4n) is 2.16. The van der Waals surface area contributed by atoms with Gasteiger partial charge >= 0.3 is 0 Å². The van der Waals surface area contributed by atoms with Crippen molar-refractivity contribution in [1.82, 2.24) is 4.90 Å². The summed E-state index contributed by atoms with van der Waals surface area (Å²) in [5.74, 6) is 0.472. The Morgan fingerprint density at radius 2 is 2.06 bits per heavy atom. The highest BCUT2D eigenvalue weighted by Crippen LogP contribution is 2.24. The largest absolute Gasteiger partial charge is 0.494 e. The topological polar surface area (TPSA) is 38.5 Å². The van der Waals surface area contributed by atoms with Crippen molar-refractivity contribution < 1.29 is 9.13 Å². The highest BCUT2D eigenvalue weighted by Gasteiger charge is 2.17. The van der Waals surface area contributed by atoms with E-state index in [1.54, 1.807) is 6.07 Å². The third kappa shape index (κ3) is 3.68. The molecule has 0 saturated carbocycles. The first kappa shape index (κ1) is 14.9. The smallest absolute Gasteiger partial charge is 0.165 e. The molecule has 102 valence electrons. The second-order valence-corrected chi connectivity index (χ2v) is 4.98. The van der Waals surface area contributed by atoms with Crippen molar-refractivity contribution in [3.8, 4) is 5.75 Å². The lowest BCUT2D eigenvalue weighted by atomic mass is 10.0. The van der Waals surface area contributed by atoms with Crippen molar-refractivity contribution in [1.29, 1.82) is 0 Å². The van der Waals surface area contributed by atoms with Gasteiger partial charge in [0.1, 0.15) is 0 Å². The van der Waals surface area contributed by atoms with E-state index >= 15 is 0 Å². The standard InChI is InChI=1S/C14H23FN2O/c1-10(2)9-17(3)13(8-16)11-5-6-14(18-4)12(15)7-11/h5-7,10,13H,8-9,16H2,1-4H3. The van der Waals surface area contributed by atoms with Gasteiger partial charge in [0.25, 0.3) is 0 Å². The Morgan fingerprint density at radius 3 is 2.50 bits per heavy atom. The summed E-state index contributed by atoms with van der Waals surface area (Å²) in [5, 5.41) is 0. The fraction of sp³-hybridized carbons (Fsp3) is 0.571. The molecule has 0 aliphatic heterocycles. The number of likely N-dealkylation sites (N-methyl/N-ethyl adjacent to an activating group) is 1. The third-order valence-corrected chi connectivity index (χ3v) is 2.97. The van der Waals surface area contributed by atoms with Crippen LogP contribution in [-0.2, 0) is 0 Å². The summed E-state index contributed by atoms with van der Waals surface area (Å²) >= 11 is 0. The molecule has 1 aromatic rings. The molecule has 0 aliphatic rings. The van der Waals surface area contributed by atoms with Crippen LogP contribution in [0.3, 0.4) is 0 Å². The zero-order valence-corrected chi connectivity index (χ0v) is 11.6. The Balaban J connectivity index is 2.91. The zero-order chi connectivity index (χ0) is 13.7. The molecule has 1 unspecified atom stereocenters. The van der Waals surface area contributed by atoms with Crippen molar-refractivity contribution in [3.63, 3.8) is 0 Å². The molecule has 0 fully saturated rings. The zero-order valence-electron chi connectivity index (χ0n) is 11.6. The van der Waals surface area contributed by atoms with Gasteiger partial charge in [-0.2, -0.15) is 0 Å². The van der Waals surface area contributed by atoms with Gasteiger partial charge < -0.3 is 10.5 Å². The first-order valence-electron chi connectivity index (χ1n) is 6.23. The molecule has 1 aromatic carbocycles. The quantitative estimate of drug-likeness (QED) is 0.847. The fourth-order valence-corrected chi connectivity index (χ4v) is 2.16. The second kappa shape index (κ2) is 6.71. The van der Waals surface area contributed by atoms with Crippen molar-refractivity contribution in [2.45, 2.75) is 19.9 Å². The number of halogens is 1. The minimum Gasteiger partial charge on any atom is -0.494 e. The molecule has 0 heterocycles. The minimum absolute atomic E-state index is 0.0350. The highest BCUT2D eigenvalue weighted by atomic mass is 19.1. The number of rotatable bonds is 6. The molecule has 3 nitrogen and oxygen atoms in total. The van der Waals surface area contributed by atoms with Gasteiger partial charge in [0.15, 0.2) is 11.6 Å². The van der Waals surface area contributed by atoms with Gasteiger partial charge in [-0.1, -0.05) is 19.9 Å². The predicted octanol–water partition coefficient (Wildman–Crippen LogP) is 2.42. The molecular weight excluding hydrogens is 231 g/mol. The number of nitrogens with two attached hydrogens (primary N) is 1. The van der Waals surface area contributed by atoms with Crippen LogP contribution in [0.1, 0.15) is 25.5 Å². The Morgan fingerprint density at radius 1 is 1.39 bits per heavy atom. The first-order chi connectivity index (χ1) is 8.49. The van der Waals surface area contributed by atoms with E-state index in [2.05, 4.69) is 18.7 Å². The number of hydrogen-bond donors (Lipinski definition) is 1. The summed E-state index contributed by atoms with van der Waals surface area (Å²) < 4.78 is 18.6. The lowest BCUT2D eigenvalue weighted by Gasteiger charge is -2.29. The highest BCUT2D eigenvalue weighted by molar-refractivity contribution is 5.31. The van der Waals surface area contributed by atoms with Crippen molar-refractivity contribution >= 4 is 0 Å². The summed E-state index contributed by atoms with van der Waals surface area (Å²) in [4.78, 5) is 2.16. The first-order valence-corrected chi connectivity index (χ1v) is 6.23. The van der Waals surface area contributed by atoms with Crippen LogP contribution in [0.2, 0.25) is 0 Å². The Labute approximate surface area is 109 Å². The van der Waals surface area contributed by atoms with Crippen molar-refractivity contribution in [2.75, 3.05) is 27.2 Å². The Hall–Kier alpha value is -1.13. The van der Waals surface area contributed by atoms with Crippen LogP contribution in [0.5, 0.6) is 5.75 Å². The molecule has 0 aromatic heterocycles. The van der Waals surface area contributed by atoms with E-state index in [9.17, 15) is 4.39 Å². The monoisotopic (exact) mass is 254 g/mol. The predicted molar refractivity (Wildman–Crippen MR) is 72.2 cm³/mol. The van der Waals surface area contributed by atoms with E-state index in [0.29, 0.717) is 12.5 Å². The average molecular weight is 254 g/mol. The molecule has 0 bridgehead atoms. The van der Waals surface area contributed by atoms with Gasteiger partial charge in [0.2, 0.25) is 0 Å². The Bertz CT molecular complexity index is 382. The maximum Gasteiger partial charge on any atom is 0.165 e. The van der Waals surface area contributed by atoms with Gasteiger partial charge in [0.05, 0.1) is 7.11 Å². The van der Waals surface area contributed by atoms with Crippen LogP contribution in [0.4, 0.5) is 4.39 Å². The van der Waals surface area contributed by atoms with Crippen LogP contribution in [0.25, 0.3) is 0 Å². The molecule has 0 amide bonds. The number of methoxy groups -OCH3 is 1. The molecule has 0 spiro atoms. The van der Waals surface area contributed by atoms with E-state index in [4.69, 9.17) is 10.5 Å². The summed E-state index contributed by atoms with van der Waals surface area (Å²) in [7, 11) is 3.48. The van der Waals surface area contributed by atoms with Crippen molar-refractivity contribution in [3.05, 3.63) is 29.6 Å². The van der Waals surface area contributed by atoms with E-state index in [1.807, 2.05) is 13.1 Å². The van der Waals surface area contributed by atoms with E-state index in [0.717, 1.165) is 12.1 Å². The molecular formula is C14H23FN2O. The van der Waals surface area contributed by atoms with E-state index < -0.39 is 0 Å². The Kier molecular flexibility index (Phi) is 5.56. The second-order valence-electron chi connectivity index (χ2n) is 4.98. The molecule has 2 N–H and O–H groups in total. The van der Waals surface area contributed by atoms with Crippen LogP contribution in [0.15, 0.2) is 18.2 Å². The molecule has 4 heteroatoms. The summed E-state index contributed by atoms with van der Waals surface area (Å²) in [6, 6.07) is 5.06. The maximum absolute atomic E-state index is 13.7. The lowest BCUT2D eigenvalue weighted by Crippen LogP contribution is -2.33. The van der Waals surface area contributed by atoms with Gasteiger partial charge in [-0.05, 0) is 30.7 Å². The number of hydrogen-bond acceptors (Lipinski definition) is 3. The molecule has 1 rings (SSSR count). The molecule has 1 atom stereocenters. The number of nitrogens with zero attached hydrogens (tertiary/aromatic N) is 1. The van der Waals surface area contributed by atoms with Crippen LogP contribution in [-0.4, -0.2) is 32.1 Å². The minimum atomic E-state index is -0.341. The average Bonchev–Trinajstić information content (AvgIpc) is 2.29. The molecule has 0 saturated heterocycles. The summed E-state index contributed by atoms with van der Waals surface area (Å²) in [5.41, 5.74) is 6.69. The summed E-state index contributed by atoms with van der Waals surface area (Å²) in [6.07, 6.45) is 0. The SMILES string of the molecule is COc1ccc(C(CN)N(C)CC(C)C)cc1F. The van der Waals surface area contributed by atoms with Crippen LogP contribution >= 0.6 is 0 Å². The lowest BCUT2D eigenvalue weighted by molar-refractivity contribution is 0.223. The van der Waals surface area contributed by atoms with Crippen LogP contribution < -0.4 is 10.5 Å². The van der Waals surface area contributed by atoms with Crippen LogP contribution in [0, 0.1) is 11.7 Å². The van der Waals surface area contributed by atoms with Gasteiger partial charge in [-0.3, -0.25) is 4.90 Å². The maximum atomic E-state index is 13.7. The van der Waals surface area contributed by atoms with Gasteiger partial charge in [-0.15, -0.1) is 0 Å². The van der Waals surface area contributed by atoms with E-state index in [1.165, 1.54) is 13.2 Å². The third-order valence-electron chi connectivity index (χ3n) is 2.97. The summed E-state index contributed by atoms with van der Waals surface area (Å²) in [6.45, 7) is 5.70. The van der Waals surface area contributed by atoms with Gasteiger partial charge in [-0.25, -0.2) is 4.39 Å².